The molecular formula is C21H31N5O2. The monoisotopic (exact) mass is 385 g/mol. The molecule has 1 aromatic rings. The van der Waals surface area contributed by atoms with Crippen LogP contribution in [0.4, 0.5) is 0 Å². The Labute approximate surface area is 167 Å². The highest BCUT2D eigenvalue weighted by Crippen LogP contribution is 2.14. The number of hydrogen-bond donors (Lipinski definition) is 2. The molecule has 2 fully saturated rings. The Morgan fingerprint density at radius 2 is 1.79 bits per heavy atom. The normalized spacial score (nSPS) is 19.8. The van der Waals surface area contributed by atoms with Gasteiger partial charge in [0.1, 0.15) is 0 Å². The van der Waals surface area contributed by atoms with Crippen LogP contribution in [0.5, 0.6) is 0 Å². The number of hydrogen-bond acceptors (Lipinski definition) is 4. The molecule has 2 aliphatic rings. The van der Waals surface area contributed by atoms with Gasteiger partial charge in [0.05, 0.1) is 0 Å². The van der Waals surface area contributed by atoms with E-state index in [1.807, 2.05) is 0 Å². The van der Waals surface area contributed by atoms with Crippen LogP contribution in [0.3, 0.4) is 0 Å². The van der Waals surface area contributed by atoms with Crippen molar-refractivity contribution >= 4 is 17.8 Å². The van der Waals surface area contributed by atoms with E-state index in [-0.39, 0.29) is 11.8 Å². The first-order valence-electron chi connectivity index (χ1n) is 10.2. The van der Waals surface area contributed by atoms with Gasteiger partial charge in [-0.3, -0.25) is 24.4 Å². The van der Waals surface area contributed by atoms with Gasteiger partial charge >= 0.3 is 0 Å². The summed E-state index contributed by atoms with van der Waals surface area (Å²) in [4.78, 5) is 31.8. The third-order valence-corrected chi connectivity index (χ3v) is 5.41. The minimum atomic E-state index is -0.0632. The molecule has 0 unspecified atom stereocenters. The molecule has 0 saturated carbocycles. The van der Waals surface area contributed by atoms with Crippen molar-refractivity contribution in [2.45, 2.75) is 44.7 Å². The molecule has 0 aromatic heterocycles. The van der Waals surface area contributed by atoms with E-state index in [2.05, 4.69) is 50.9 Å². The molecule has 2 heterocycles. The van der Waals surface area contributed by atoms with Gasteiger partial charge in [0.15, 0.2) is 5.96 Å². The number of amides is 2. The number of aliphatic imine (C=N–C) groups is 1. The Balaban J connectivity index is 1.37. The molecule has 0 aliphatic carbocycles. The van der Waals surface area contributed by atoms with Crippen LogP contribution in [-0.2, 0) is 16.1 Å². The van der Waals surface area contributed by atoms with Crippen LogP contribution in [0.1, 0.15) is 37.7 Å². The van der Waals surface area contributed by atoms with E-state index < -0.39 is 0 Å². The second-order valence-electron chi connectivity index (χ2n) is 7.47. The summed E-state index contributed by atoms with van der Waals surface area (Å²) >= 11 is 0. The molecule has 3 rings (SSSR count). The van der Waals surface area contributed by atoms with Crippen LogP contribution in [0.15, 0.2) is 35.3 Å². The molecule has 0 radical (unpaired) electrons. The fourth-order valence-electron chi connectivity index (χ4n) is 3.80. The maximum absolute atomic E-state index is 11.9. The summed E-state index contributed by atoms with van der Waals surface area (Å²) in [6, 6.07) is 11.0. The maximum Gasteiger partial charge on any atom is 0.229 e. The van der Waals surface area contributed by atoms with Crippen molar-refractivity contribution in [2.24, 2.45) is 4.99 Å². The molecule has 2 aliphatic heterocycles. The van der Waals surface area contributed by atoms with Gasteiger partial charge in [-0.15, -0.1) is 0 Å². The molecule has 0 bridgehead atoms. The molecule has 152 valence electrons. The van der Waals surface area contributed by atoms with Crippen molar-refractivity contribution in [3.8, 4) is 0 Å². The topological polar surface area (TPSA) is 77.0 Å². The number of rotatable bonds is 6. The number of imide groups is 1. The highest BCUT2D eigenvalue weighted by Gasteiger charge is 2.25. The highest BCUT2D eigenvalue weighted by atomic mass is 16.2. The predicted octanol–water partition coefficient (Wildman–Crippen LogP) is 1.36. The van der Waals surface area contributed by atoms with Crippen LogP contribution in [0, 0.1) is 0 Å². The molecule has 28 heavy (non-hydrogen) atoms. The minimum Gasteiger partial charge on any atom is -0.355 e. The standard InChI is InChI=1S/C21H31N5O2/c1-22-21(23-12-15-26-19(27)8-5-9-20(26)28)24-18-10-13-25(14-11-18)16-17-6-3-2-4-7-17/h2-4,6-7,18H,5,8-16H2,1H3,(H2,22,23,24). The zero-order chi connectivity index (χ0) is 19.8. The average Bonchev–Trinajstić information content (AvgIpc) is 2.71. The lowest BCUT2D eigenvalue weighted by atomic mass is 10.0. The van der Waals surface area contributed by atoms with Crippen molar-refractivity contribution in [1.29, 1.82) is 0 Å². The molecule has 2 N–H and O–H groups in total. The first kappa shape index (κ1) is 20.3. The maximum atomic E-state index is 11.9. The summed E-state index contributed by atoms with van der Waals surface area (Å²) in [7, 11) is 1.75. The first-order valence-corrected chi connectivity index (χ1v) is 10.2. The van der Waals surface area contributed by atoms with Crippen LogP contribution in [0.25, 0.3) is 0 Å². The number of guanidine groups is 1. The summed E-state index contributed by atoms with van der Waals surface area (Å²) < 4.78 is 0. The van der Waals surface area contributed by atoms with Crippen molar-refractivity contribution in [3.05, 3.63) is 35.9 Å². The lowest BCUT2D eigenvalue weighted by Gasteiger charge is -2.33. The van der Waals surface area contributed by atoms with Crippen molar-refractivity contribution < 1.29 is 9.59 Å². The lowest BCUT2D eigenvalue weighted by molar-refractivity contribution is -0.147. The van der Waals surface area contributed by atoms with Gasteiger partial charge in [0.25, 0.3) is 0 Å². The Kier molecular flexibility index (Phi) is 7.42. The molecule has 1 aromatic carbocycles. The smallest absolute Gasteiger partial charge is 0.229 e. The predicted molar refractivity (Wildman–Crippen MR) is 110 cm³/mol. The summed E-state index contributed by atoms with van der Waals surface area (Å²) in [5.41, 5.74) is 1.35. The Morgan fingerprint density at radius 1 is 1.11 bits per heavy atom. The van der Waals surface area contributed by atoms with Gasteiger partial charge in [-0.25, -0.2) is 0 Å². The number of carbonyl (C=O) groups is 2. The number of benzene rings is 1. The van der Waals surface area contributed by atoms with Gasteiger partial charge in [0, 0.05) is 58.7 Å². The molecule has 2 amide bonds. The van der Waals surface area contributed by atoms with E-state index in [4.69, 9.17) is 0 Å². The fourth-order valence-corrected chi connectivity index (χ4v) is 3.80. The second-order valence-corrected chi connectivity index (χ2v) is 7.47. The van der Waals surface area contributed by atoms with Gasteiger partial charge in [-0.1, -0.05) is 30.3 Å². The van der Waals surface area contributed by atoms with Gasteiger partial charge in [0.2, 0.25) is 11.8 Å². The summed E-state index contributed by atoms with van der Waals surface area (Å²) in [6.07, 6.45) is 3.75. The van der Waals surface area contributed by atoms with E-state index in [1.165, 1.54) is 10.5 Å². The van der Waals surface area contributed by atoms with E-state index in [0.717, 1.165) is 38.4 Å². The van der Waals surface area contributed by atoms with Gasteiger partial charge < -0.3 is 10.6 Å². The van der Waals surface area contributed by atoms with Crippen LogP contribution in [-0.4, -0.2) is 66.8 Å². The SMILES string of the molecule is CN=C(NCCN1C(=O)CCCC1=O)NC1CCN(Cc2ccccc2)CC1. The van der Waals surface area contributed by atoms with E-state index >= 15 is 0 Å². The van der Waals surface area contributed by atoms with Crippen molar-refractivity contribution in [2.75, 3.05) is 33.2 Å². The molecule has 7 nitrogen and oxygen atoms in total. The number of nitrogens with one attached hydrogen (secondary N) is 2. The fraction of sp³-hybridized carbons (Fsp3) is 0.571. The summed E-state index contributed by atoms with van der Waals surface area (Å²) in [5.74, 6) is 0.608. The summed E-state index contributed by atoms with van der Waals surface area (Å²) in [5, 5.41) is 6.71. The van der Waals surface area contributed by atoms with Gasteiger partial charge in [-0.05, 0) is 24.8 Å². The molecular weight excluding hydrogens is 354 g/mol. The zero-order valence-electron chi connectivity index (χ0n) is 16.7. The highest BCUT2D eigenvalue weighted by molar-refractivity contribution is 5.97. The largest absolute Gasteiger partial charge is 0.355 e. The van der Waals surface area contributed by atoms with E-state index in [1.54, 1.807) is 7.05 Å². The molecule has 0 spiro atoms. The van der Waals surface area contributed by atoms with E-state index in [0.29, 0.717) is 38.4 Å². The van der Waals surface area contributed by atoms with Crippen molar-refractivity contribution in [3.63, 3.8) is 0 Å². The lowest BCUT2D eigenvalue weighted by Crippen LogP contribution is -2.50. The van der Waals surface area contributed by atoms with Crippen LogP contribution in [0.2, 0.25) is 0 Å². The Bertz CT molecular complexity index is 667. The molecule has 7 heteroatoms. The number of piperidine rings is 2. The number of carbonyl (C=O) groups excluding carboxylic acids is 2. The van der Waals surface area contributed by atoms with Crippen molar-refractivity contribution in [1.82, 2.24) is 20.4 Å². The van der Waals surface area contributed by atoms with E-state index in [9.17, 15) is 9.59 Å². The average molecular weight is 386 g/mol. The third kappa shape index (κ3) is 5.79. The Morgan fingerprint density at radius 3 is 2.43 bits per heavy atom. The third-order valence-electron chi connectivity index (χ3n) is 5.41. The minimum absolute atomic E-state index is 0.0632. The van der Waals surface area contributed by atoms with Gasteiger partial charge in [-0.2, -0.15) is 0 Å². The number of likely N-dealkylation sites (tertiary alicyclic amines) is 2. The summed E-state index contributed by atoms with van der Waals surface area (Å²) in [6.45, 7) is 4.02. The first-order chi connectivity index (χ1) is 13.7. The molecule has 2 saturated heterocycles. The molecule has 0 atom stereocenters. The second kappa shape index (κ2) is 10.2. The van der Waals surface area contributed by atoms with Crippen LogP contribution >= 0.6 is 0 Å². The zero-order valence-corrected chi connectivity index (χ0v) is 16.7. The number of nitrogens with zero attached hydrogens (tertiary/aromatic N) is 3. The van der Waals surface area contributed by atoms with Crippen LogP contribution < -0.4 is 10.6 Å². The quantitative estimate of drug-likeness (QED) is 0.439. The Hall–Kier alpha value is -2.41.